The van der Waals surface area contributed by atoms with Crippen molar-refractivity contribution in [3.63, 3.8) is 0 Å². The van der Waals surface area contributed by atoms with E-state index < -0.39 is 0 Å². The van der Waals surface area contributed by atoms with E-state index in [2.05, 4.69) is 5.32 Å². The Morgan fingerprint density at radius 1 is 1.29 bits per heavy atom. The molecule has 0 bridgehead atoms. The number of carbonyl (C=O) groups is 1. The van der Waals surface area contributed by atoms with E-state index in [1.54, 1.807) is 17.4 Å². The quantitative estimate of drug-likeness (QED) is 0.916. The molecule has 1 aromatic carbocycles. The van der Waals surface area contributed by atoms with Gasteiger partial charge in [-0.2, -0.15) is 0 Å². The summed E-state index contributed by atoms with van der Waals surface area (Å²) in [7, 11) is 0. The molecule has 110 valence electrons. The molecule has 0 atom stereocenters. The van der Waals surface area contributed by atoms with Crippen molar-refractivity contribution in [3.8, 4) is 0 Å². The molecule has 1 N–H and O–H groups in total. The van der Waals surface area contributed by atoms with Gasteiger partial charge in [0.25, 0.3) is 5.91 Å². The first-order chi connectivity index (χ1) is 10.2. The van der Waals surface area contributed by atoms with Crippen LogP contribution in [0.5, 0.6) is 0 Å². The molecule has 21 heavy (non-hydrogen) atoms. The number of amides is 1. The molecule has 2 nitrogen and oxygen atoms in total. The van der Waals surface area contributed by atoms with Gasteiger partial charge in [0, 0.05) is 16.8 Å². The zero-order chi connectivity index (χ0) is 14.7. The largest absolute Gasteiger partial charge is 0.352 e. The predicted molar refractivity (Wildman–Crippen MR) is 83.4 cm³/mol. The summed E-state index contributed by atoms with van der Waals surface area (Å²) >= 11 is 1.70. The maximum atomic E-state index is 13.1. The first-order valence-electron chi connectivity index (χ1n) is 7.36. The summed E-state index contributed by atoms with van der Waals surface area (Å²) in [5.74, 6) is -0.225. The lowest BCUT2D eigenvalue weighted by atomic mass is 9.95. The molecule has 0 spiro atoms. The van der Waals surface area contributed by atoms with Gasteiger partial charge >= 0.3 is 0 Å². The molecule has 0 aliphatic heterocycles. The van der Waals surface area contributed by atoms with Gasteiger partial charge < -0.3 is 5.32 Å². The smallest absolute Gasteiger partial charge is 0.252 e. The van der Waals surface area contributed by atoms with Gasteiger partial charge in [-0.05, 0) is 55.4 Å². The first kappa shape index (κ1) is 14.3. The second kappa shape index (κ2) is 6.39. The Bertz CT molecular complexity index is 650. The maximum Gasteiger partial charge on any atom is 0.252 e. The number of benzene rings is 1. The van der Waals surface area contributed by atoms with Crippen LogP contribution >= 0.6 is 11.3 Å². The minimum Gasteiger partial charge on any atom is -0.352 e. The van der Waals surface area contributed by atoms with E-state index >= 15 is 0 Å². The van der Waals surface area contributed by atoms with Crippen LogP contribution in [0.15, 0.2) is 29.6 Å². The SMILES string of the molecule is O=C(NCCc1cccc(F)c1)c1csc2c1CCCC2. The highest BCUT2D eigenvalue weighted by atomic mass is 32.1. The second-order valence-corrected chi connectivity index (χ2v) is 6.36. The van der Waals surface area contributed by atoms with Crippen LogP contribution in [-0.2, 0) is 19.3 Å². The van der Waals surface area contributed by atoms with Crippen molar-refractivity contribution < 1.29 is 9.18 Å². The topological polar surface area (TPSA) is 29.1 Å². The van der Waals surface area contributed by atoms with Crippen molar-refractivity contribution in [2.45, 2.75) is 32.1 Å². The monoisotopic (exact) mass is 303 g/mol. The van der Waals surface area contributed by atoms with E-state index in [1.807, 2.05) is 11.4 Å². The molecule has 1 amide bonds. The molecule has 3 rings (SSSR count). The molecule has 0 radical (unpaired) electrons. The van der Waals surface area contributed by atoms with E-state index in [9.17, 15) is 9.18 Å². The van der Waals surface area contributed by atoms with Gasteiger partial charge in [-0.15, -0.1) is 11.3 Å². The zero-order valence-electron chi connectivity index (χ0n) is 11.8. The average Bonchev–Trinajstić information content (AvgIpc) is 2.91. The number of thiophene rings is 1. The fourth-order valence-corrected chi connectivity index (χ4v) is 3.92. The third-order valence-electron chi connectivity index (χ3n) is 3.89. The number of carbonyl (C=O) groups excluding carboxylic acids is 1. The summed E-state index contributed by atoms with van der Waals surface area (Å²) in [4.78, 5) is 13.6. The second-order valence-electron chi connectivity index (χ2n) is 5.39. The Morgan fingerprint density at radius 2 is 2.14 bits per heavy atom. The minimum atomic E-state index is -0.231. The molecular weight excluding hydrogens is 285 g/mol. The van der Waals surface area contributed by atoms with Crippen LogP contribution in [0, 0.1) is 5.82 Å². The molecular formula is C17H18FNOS. The van der Waals surface area contributed by atoms with Crippen LogP contribution < -0.4 is 5.32 Å². The highest BCUT2D eigenvalue weighted by Gasteiger charge is 2.19. The molecule has 4 heteroatoms. The summed E-state index contributed by atoms with van der Waals surface area (Å²) < 4.78 is 13.1. The normalized spacial score (nSPS) is 13.8. The average molecular weight is 303 g/mol. The lowest BCUT2D eigenvalue weighted by Gasteiger charge is -2.12. The van der Waals surface area contributed by atoms with Crippen molar-refractivity contribution in [1.29, 1.82) is 0 Å². The highest BCUT2D eigenvalue weighted by Crippen LogP contribution is 2.30. The molecule has 1 aromatic heterocycles. The molecule has 1 heterocycles. The Hall–Kier alpha value is -1.68. The minimum absolute atomic E-state index is 0.00537. The Morgan fingerprint density at radius 3 is 3.00 bits per heavy atom. The molecule has 0 saturated carbocycles. The van der Waals surface area contributed by atoms with Crippen LogP contribution in [0.2, 0.25) is 0 Å². The summed E-state index contributed by atoms with van der Waals surface area (Å²) in [5.41, 5.74) is 2.99. The summed E-state index contributed by atoms with van der Waals surface area (Å²) in [6.45, 7) is 0.535. The fourth-order valence-electron chi connectivity index (χ4n) is 2.79. The van der Waals surface area contributed by atoms with E-state index in [4.69, 9.17) is 0 Å². The van der Waals surface area contributed by atoms with Gasteiger partial charge in [-0.3, -0.25) is 4.79 Å². The molecule has 2 aromatic rings. The van der Waals surface area contributed by atoms with Crippen LogP contribution in [0.25, 0.3) is 0 Å². The van der Waals surface area contributed by atoms with Crippen molar-refractivity contribution in [2.24, 2.45) is 0 Å². The molecule has 1 aliphatic carbocycles. The molecule has 0 unspecified atom stereocenters. The van der Waals surface area contributed by atoms with Crippen molar-refractivity contribution in [2.75, 3.05) is 6.54 Å². The number of halogens is 1. The molecule has 0 fully saturated rings. The van der Waals surface area contributed by atoms with Gasteiger partial charge in [-0.1, -0.05) is 12.1 Å². The van der Waals surface area contributed by atoms with E-state index in [0.717, 1.165) is 24.0 Å². The Labute approximate surface area is 128 Å². The van der Waals surface area contributed by atoms with Crippen LogP contribution in [0.4, 0.5) is 4.39 Å². The van der Waals surface area contributed by atoms with Gasteiger partial charge in [0.1, 0.15) is 5.82 Å². The number of fused-ring (bicyclic) bond motifs is 1. The number of hydrogen-bond donors (Lipinski definition) is 1. The number of aryl methyl sites for hydroxylation is 1. The van der Waals surface area contributed by atoms with Crippen LogP contribution in [0.3, 0.4) is 0 Å². The predicted octanol–water partition coefficient (Wildman–Crippen LogP) is 3.74. The van der Waals surface area contributed by atoms with Gasteiger partial charge in [0.15, 0.2) is 0 Å². The third kappa shape index (κ3) is 3.32. The standard InChI is InChI=1S/C17H18FNOS/c18-13-5-3-4-12(10-13)8-9-19-17(20)15-11-21-16-7-2-1-6-14(15)16/h3-5,10-11H,1-2,6-9H2,(H,19,20). The number of nitrogens with one attached hydrogen (secondary N) is 1. The van der Waals surface area contributed by atoms with Crippen LogP contribution in [0.1, 0.15) is 39.2 Å². The third-order valence-corrected chi connectivity index (χ3v) is 4.98. The van der Waals surface area contributed by atoms with Crippen molar-refractivity contribution >= 4 is 17.2 Å². The molecule has 1 aliphatic rings. The lowest BCUT2D eigenvalue weighted by Crippen LogP contribution is -2.26. The zero-order valence-corrected chi connectivity index (χ0v) is 12.6. The van der Waals surface area contributed by atoms with E-state index in [0.29, 0.717) is 13.0 Å². The van der Waals surface area contributed by atoms with Gasteiger partial charge in [0.2, 0.25) is 0 Å². The van der Waals surface area contributed by atoms with Crippen LogP contribution in [-0.4, -0.2) is 12.5 Å². The summed E-state index contributed by atoms with van der Waals surface area (Å²) in [6, 6.07) is 6.52. The van der Waals surface area contributed by atoms with Gasteiger partial charge in [-0.25, -0.2) is 4.39 Å². The Balaban J connectivity index is 1.58. The summed E-state index contributed by atoms with van der Waals surface area (Å²) in [6.07, 6.45) is 5.18. The molecule has 0 saturated heterocycles. The first-order valence-corrected chi connectivity index (χ1v) is 8.24. The summed E-state index contributed by atoms with van der Waals surface area (Å²) in [5, 5.41) is 4.93. The van der Waals surface area contributed by atoms with E-state index in [1.165, 1.54) is 35.4 Å². The van der Waals surface area contributed by atoms with Crippen molar-refractivity contribution in [3.05, 3.63) is 57.0 Å². The fraction of sp³-hybridized carbons (Fsp3) is 0.353. The highest BCUT2D eigenvalue weighted by molar-refractivity contribution is 7.10. The van der Waals surface area contributed by atoms with Crippen molar-refractivity contribution in [1.82, 2.24) is 5.32 Å². The lowest BCUT2D eigenvalue weighted by molar-refractivity contribution is 0.0953. The number of hydrogen-bond acceptors (Lipinski definition) is 2. The maximum absolute atomic E-state index is 13.1. The Kier molecular flexibility index (Phi) is 4.34. The van der Waals surface area contributed by atoms with E-state index in [-0.39, 0.29) is 11.7 Å². The number of rotatable bonds is 4. The van der Waals surface area contributed by atoms with Gasteiger partial charge in [0.05, 0.1) is 5.56 Å².